The number of methoxy groups -OCH3 is 1. The van der Waals surface area contributed by atoms with Crippen molar-refractivity contribution in [1.82, 2.24) is 4.98 Å². The van der Waals surface area contributed by atoms with Gasteiger partial charge >= 0.3 is 29.6 Å². The molecule has 0 aliphatic carbocycles. The summed E-state index contributed by atoms with van der Waals surface area (Å²) < 4.78 is 11.0. The van der Waals surface area contributed by atoms with Crippen LogP contribution in [0.4, 0.5) is 11.4 Å². The Morgan fingerprint density at radius 3 is 2.52 bits per heavy atom. The number of hydrogen-bond donors (Lipinski definition) is 2. The zero-order chi connectivity index (χ0) is 22.7. The van der Waals surface area contributed by atoms with E-state index in [4.69, 9.17) is 20.5 Å². The van der Waals surface area contributed by atoms with Gasteiger partial charge in [-0.2, -0.15) is 5.26 Å². The second-order valence-electron chi connectivity index (χ2n) is 6.82. The SMILES string of the molecule is COc1ccc(NC(=O)c2ccc(Oc3ccnc4cc([O-])c(C#N)cc34)c(N)c2)cc1.[Na+]. The summed E-state index contributed by atoms with van der Waals surface area (Å²) in [4.78, 5) is 16.7. The number of carbonyl (C=O) groups is 1. The molecule has 158 valence electrons. The van der Waals surface area contributed by atoms with E-state index in [0.29, 0.717) is 39.4 Å². The third-order valence-electron chi connectivity index (χ3n) is 4.76. The molecule has 1 amide bonds. The minimum Gasteiger partial charge on any atom is -0.872 e. The average Bonchev–Trinajstić information content (AvgIpc) is 2.80. The first-order valence-electron chi connectivity index (χ1n) is 9.51. The number of nitriles is 1. The topological polar surface area (TPSA) is 133 Å². The molecular weight excluding hydrogens is 431 g/mol. The summed E-state index contributed by atoms with van der Waals surface area (Å²) in [7, 11) is 1.57. The van der Waals surface area contributed by atoms with E-state index in [2.05, 4.69) is 10.3 Å². The van der Waals surface area contributed by atoms with Crippen LogP contribution in [-0.2, 0) is 0 Å². The zero-order valence-electron chi connectivity index (χ0n) is 18.0. The molecule has 1 aromatic heterocycles. The van der Waals surface area contributed by atoms with Crippen LogP contribution in [0, 0.1) is 11.3 Å². The molecule has 0 unspecified atom stereocenters. The van der Waals surface area contributed by atoms with Crippen molar-refractivity contribution in [3.63, 3.8) is 0 Å². The van der Waals surface area contributed by atoms with Crippen LogP contribution in [0.5, 0.6) is 23.0 Å². The molecule has 0 saturated carbocycles. The number of anilines is 2. The molecule has 0 spiro atoms. The van der Waals surface area contributed by atoms with Gasteiger partial charge in [-0.3, -0.25) is 9.78 Å². The summed E-state index contributed by atoms with van der Waals surface area (Å²) in [5.74, 6) is 0.656. The maximum atomic E-state index is 12.6. The molecule has 0 bridgehead atoms. The van der Waals surface area contributed by atoms with Gasteiger partial charge < -0.3 is 25.6 Å². The number of hydrogen-bond acceptors (Lipinski definition) is 7. The summed E-state index contributed by atoms with van der Waals surface area (Å²) in [5, 5.41) is 24.3. The molecule has 3 aromatic carbocycles. The van der Waals surface area contributed by atoms with Crippen molar-refractivity contribution in [3.05, 3.63) is 78.0 Å². The second kappa shape index (κ2) is 10.2. The molecule has 4 aromatic rings. The van der Waals surface area contributed by atoms with Crippen molar-refractivity contribution in [2.75, 3.05) is 18.2 Å². The molecule has 0 fully saturated rings. The molecule has 3 N–H and O–H groups in total. The Morgan fingerprint density at radius 1 is 1.09 bits per heavy atom. The number of rotatable bonds is 5. The van der Waals surface area contributed by atoms with Gasteiger partial charge in [-0.15, -0.1) is 0 Å². The normalized spacial score (nSPS) is 10.1. The van der Waals surface area contributed by atoms with Crippen LogP contribution < -0.4 is 55.2 Å². The first-order chi connectivity index (χ1) is 15.5. The molecule has 33 heavy (non-hydrogen) atoms. The van der Waals surface area contributed by atoms with Crippen molar-refractivity contribution >= 4 is 28.2 Å². The average molecular weight is 448 g/mol. The number of pyridine rings is 1. The van der Waals surface area contributed by atoms with E-state index >= 15 is 0 Å². The van der Waals surface area contributed by atoms with E-state index in [-0.39, 0.29) is 46.7 Å². The molecular formula is C24H17N4NaO4. The third kappa shape index (κ3) is 5.18. The van der Waals surface area contributed by atoms with Gasteiger partial charge in [0.05, 0.1) is 24.4 Å². The van der Waals surface area contributed by atoms with Gasteiger partial charge in [-0.1, -0.05) is 5.75 Å². The molecule has 0 aliphatic heterocycles. The Bertz CT molecular complexity index is 1370. The van der Waals surface area contributed by atoms with Crippen molar-refractivity contribution in [2.45, 2.75) is 0 Å². The number of benzene rings is 3. The first kappa shape index (κ1) is 23.9. The van der Waals surface area contributed by atoms with E-state index in [1.165, 1.54) is 24.4 Å². The smallest absolute Gasteiger partial charge is 0.872 e. The quantitative estimate of drug-likeness (QED) is 0.341. The van der Waals surface area contributed by atoms with Crippen LogP contribution in [0.1, 0.15) is 15.9 Å². The molecule has 4 rings (SSSR count). The number of nitrogen functional groups attached to an aromatic ring is 1. The maximum Gasteiger partial charge on any atom is 1.00 e. The van der Waals surface area contributed by atoms with E-state index in [9.17, 15) is 9.90 Å². The summed E-state index contributed by atoms with van der Waals surface area (Å²) in [6.45, 7) is 0. The van der Waals surface area contributed by atoms with Crippen LogP contribution in [0.2, 0.25) is 0 Å². The molecule has 9 heteroatoms. The zero-order valence-corrected chi connectivity index (χ0v) is 20.0. The Balaban J connectivity index is 0.00000306. The summed E-state index contributed by atoms with van der Waals surface area (Å²) in [5.41, 5.74) is 7.74. The standard InChI is InChI=1S/C24H18N4O4.Na/c1-31-17-5-3-16(4-6-17)28-24(30)14-2-7-23(19(26)11-14)32-22-8-9-27-20-12-21(29)15(13-25)10-18(20)22;/h2-12,29H,26H2,1H3,(H,28,30);/q;+1/p-1. The second-order valence-corrected chi connectivity index (χ2v) is 6.82. The molecule has 0 radical (unpaired) electrons. The van der Waals surface area contributed by atoms with Gasteiger partial charge in [-0.25, -0.2) is 0 Å². The molecule has 8 nitrogen and oxygen atoms in total. The third-order valence-corrected chi connectivity index (χ3v) is 4.76. The Labute approximate surface area is 211 Å². The van der Waals surface area contributed by atoms with Crippen LogP contribution >= 0.6 is 0 Å². The fourth-order valence-electron chi connectivity index (χ4n) is 3.10. The fourth-order valence-corrected chi connectivity index (χ4v) is 3.10. The summed E-state index contributed by atoms with van der Waals surface area (Å²) in [6.07, 6.45) is 1.50. The van der Waals surface area contributed by atoms with E-state index < -0.39 is 5.75 Å². The van der Waals surface area contributed by atoms with E-state index in [1.807, 2.05) is 6.07 Å². The monoisotopic (exact) mass is 448 g/mol. The van der Waals surface area contributed by atoms with Crippen LogP contribution in [0.15, 0.2) is 66.9 Å². The fraction of sp³-hybridized carbons (Fsp3) is 0.0417. The largest absolute Gasteiger partial charge is 1.00 e. The van der Waals surface area contributed by atoms with Gasteiger partial charge in [-0.05, 0) is 60.7 Å². The predicted molar refractivity (Wildman–Crippen MR) is 118 cm³/mol. The summed E-state index contributed by atoms with van der Waals surface area (Å²) >= 11 is 0. The molecule has 0 aliphatic rings. The maximum absolute atomic E-state index is 12.6. The van der Waals surface area contributed by atoms with Crippen LogP contribution in [-0.4, -0.2) is 18.0 Å². The summed E-state index contributed by atoms with van der Waals surface area (Å²) in [6, 6.07) is 17.8. The van der Waals surface area contributed by atoms with E-state index in [0.717, 1.165) is 0 Å². The molecule has 1 heterocycles. The van der Waals surface area contributed by atoms with Gasteiger partial charge in [0.25, 0.3) is 5.91 Å². The Morgan fingerprint density at radius 2 is 1.85 bits per heavy atom. The van der Waals surface area contributed by atoms with Gasteiger partial charge in [0.1, 0.15) is 17.2 Å². The predicted octanol–water partition coefficient (Wildman–Crippen LogP) is 0.819. The van der Waals surface area contributed by atoms with Crippen molar-refractivity contribution in [2.24, 2.45) is 0 Å². The van der Waals surface area contributed by atoms with Crippen molar-refractivity contribution in [3.8, 4) is 29.1 Å². The number of amides is 1. The number of nitrogens with one attached hydrogen (secondary N) is 1. The van der Waals surface area contributed by atoms with Gasteiger partial charge in [0, 0.05) is 28.4 Å². The Hall–Kier alpha value is -3.77. The number of nitrogens with two attached hydrogens (primary N) is 1. The Kier molecular flexibility index (Phi) is 7.41. The van der Waals surface area contributed by atoms with Gasteiger partial charge in [0.2, 0.25) is 0 Å². The molecule has 0 atom stereocenters. The van der Waals surface area contributed by atoms with Crippen LogP contribution in [0.3, 0.4) is 0 Å². The minimum absolute atomic E-state index is 0. The van der Waals surface area contributed by atoms with Crippen LogP contribution in [0.25, 0.3) is 10.9 Å². The number of nitrogens with zero attached hydrogens (tertiary/aromatic N) is 2. The van der Waals surface area contributed by atoms with E-state index in [1.54, 1.807) is 49.6 Å². The first-order valence-corrected chi connectivity index (χ1v) is 9.51. The van der Waals surface area contributed by atoms with Crippen molar-refractivity contribution < 1.29 is 48.9 Å². The number of fused-ring (bicyclic) bond motifs is 1. The van der Waals surface area contributed by atoms with Gasteiger partial charge in [0.15, 0.2) is 0 Å². The number of aromatic nitrogens is 1. The number of ether oxygens (including phenoxy) is 2. The molecule has 0 saturated heterocycles. The number of carbonyl (C=O) groups excluding carboxylic acids is 1. The minimum atomic E-state index is -0.406. The van der Waals surface area contributed by atoms with Crippen molar-refractivity contribution in [1.29, 1.82) is 5.26 Å².